The third kappa shape index (κ3) is 41.9. The Bertz CT molecular complexity index is 828. The van der Waals surface area contributed by atoms with Crippen molar-refractivity contribution in [2.75, 3.05) is 13.2 Å². The molecule has 0 aliphatic carbocycles. The molecule has 0 aromatic carbocycles. The van der Waals surface area contributed by atoms with Gasteiger partial charge in [0.05, 0.1) is 0 Å². The molecule has 0 saturated carbocycles. The van der Waals surface area contributed by atoms with Crippen molar-refractivity contribution in [1.29, 1.82) is 0 Å². The van der Waals surface area contributed by atoms with Crippen LogP contribution in [0.15, 0.2) is 0 Å². The molecule has 1 unspecified atom stereocenters. The first-order valence-electron chi connectivity index (χ1n) is 24.4. The van der Waals surface area contributed by atoms with E-state index in [1.807, 2.05) is 0 Å². The molecule has 2 atom stereocenters. The van der Waals surface area contributed by atoms with Gasteiger partial charge in [0, 0.05) is 19.3 Å². The van der Waals surface area contributed by atoms with Gasteiger partial charge in [-0.1, -0.05) is 233 Å². The second-order valence-electron chi connectivity index (χ2n) is 17.0. The summed E-state index contributed by atoms with van der Waals surface area (Å²) in [5.41, 5.74) is 0. The Hall–Kier alpha value is -1.59. The van der Waals surface area contributed by atoms with Crippen LogP contribution in [-0.4, -0.2) is 37.2 Å². The number of carbonyl (C=O) groups is 3. The molecule has 0 rings (SSSR count). The first kappa shape index (κ1) is 53.4. The summed E-state index contributed by atoms with van der Waals surface area (Å²) < 4.78 is 16.7. The van der Waals surface area contributed by atoms with Crippen LogP contribution >= 0.6 is 0 Å². The zero-order valence-electron chi connectivity index (χ0n) is 37.4. The number of rotatable bonds is 44. The van der Waals surface area contributed by atoms with E-state index < -0.39 is 6.10 Å². The van der Waals surface area contributed by atoms with Crippen LogP contribution in [0.3, 0.4) is 0 Å². The molecule has 0 aliphatic heterocycles. The highest BCUT2D eigenvalue weighted by Gasteiger charge is 2.19. The van der Waals surface area contributed by atoms with Gasteiger partial charge in [-0.15, -0.1) is 0 Å². The summed E-state index contributed by atoms with van der Waals surface area (Å²) in [4.78, 5) is 37.7. The Balaban J connectivity index is 4.21. The monoisotopic (exact) mass is 779 g/mol. The summed E-state index contributed by atoms with van der Waals surface area (Å²) in [7, 11) is 0. The highest BCUT2D eigenvalue weighted by atomic mass is 16.6. The number of esters is 3. The van der Waals surface area contributed by atoms with Crippen molar-refractivity contribution in [3.05, 3.63) is 0 Å². The maximum Gasteiger partial charge on any atom is 0.306 e. The van der Waals surface area contributed by atoms with Gasteiger partial charge in [0.25, 0.3) is 0 Å². The molecule has 6 heteroatoms. The molecule has 0 N–H and O–H groups in total. The molecule has 0 spiro atoms. The second kappa shape index (κ2) is 43.5. The van der Waals surface area contributed by atoms with E-state index in [2.05, 4.69) is 27.7 Å². The predicted molar refractivity (Wildman–Crippen MR) is 233 cm³/mol. The first-order valence-corrected chi connectivity index (χ1v) is 24.4. The minimum absolute atomic E-state index is 0.0636. The maximum absolute atomic E-state index is 12.7. The summed E-state index contributed by atoms with van der Waals surface area (Å²) >= 11 is 0. The smallest absolute Gasteiger partial charge is 0.306 e. The lowest BCUT2D eigenvalue weighted by Crippen LogP contribution is -2.30. The largest absolute Gasteiger partial charge is 0.462 e. The predicted octanol–water partition coefficient (Wildman–Crippen LogP) is 15.5. The standard InChI is InChI=1S/C49H94O6/c1-5-8-10-12-14-15-16-22-25-29-33-37-41-48(51)54-44-46(43-53-47(50)40-36-32-27-13-11-9-6-2)55-49(52)42-38-34-30-26-23-20-18-17-19-21-24-28-31-35-39-45(4)7-3/h45-46H,5-44H2,1-4H3/t45?,46-/m0/s1. The van der Waals surface area contributed by atoms with E-state index in [0.717, 1.165) is 63.7 Å². The number of ether oxygens (including phenoxy) is 3. The summed E-state index contributed by atoms with van der Waals surface area (Å²) in [5.74, 6) is 0.0389. The van der Waals surface area contributed by atoms with E-state index in [9.17, 15) is 14.4 Å². The van der Waals surface area contributed by atoms with Crippen molar-refractivity contribution >= 4 is 17.9 Å². The molecule has 0 radical (unpaired) electrons. The van der Waals surface area contributed by atoms with Crippen molar-refractivity contribution in [1.82, 2.24) is 0 Å². The van der Waals surface area contributed by atoms with Gasteiger partial charge in [0.2, 0.25) is 0 Å². The van der Waals surface area contributed by atoms with Gasteiger partial charge in [-0.05, 0) is 25.2 Å². The van der Waals surface area contributed by atoms with Crippen LogP contribution in [-0.2, 0) is 28.6 Å². The normalized spacial score (nSPS) is 12.4. The third-order valence-corrected chi connectivity index (χ3v) is 11.4. The lowest BCUT2D eigenvalue weighted by Gasteiger charge is -2.18. The van der Waals surface area contributed by atoms with Crippen LogP contribution in [0.25, 0.3) is 0 Å². The van der Waals surface area contributed by atoms with E-state index in [1.54, 1.807) is 0 Å². The molecular weight excluding hydrogens is 685 g/mol. The quantitative estimate of drug-likeness (QED) is 0.0348. The van der Waals surface area contributed by atoms with Gasteiger partial charge in [0.1, 0.15) is 13.2 Å². The minimum Gasteiger partial charge on any atom is -0.462 e. The Morgan fingerprint density at radius 3 is 0.945 bits per heavy atom. The minimum atomic E-state index is -0.758. The third-order valence-electron chi connectivity index (χ3n) is 11.4. The number of unbranched alkanes of at least 4 members (excludes halogenated alkanes) is 30. The molecule has 0 aromatic rings. The van der Waals surface area contributed by atoms with E-state index in [0.29, 0.717) is 19.3 Å². The Morgan fingerprint density at radius 2 is 0.636 bits per heavy atom. The second-order valence-corrected chi connectivity index (χ2v) is 17.0. The number of hydrogen-bond donors (Lipinski definition) is 0. The van der Waals surface area contributed by atoms with Gasteiger partial charge in [-0.25, -0.2) is 0 Å². The summed E-state index contributed by atoms with van der Waals surface area (Å²) in [6.07, 6.45) is 43.8. The van der Waals surface area contributed by atoms with Gasteiger partial charge < -0.3 is 14.2 Å². The SMILES string of the molecule is CCCCCCCCCCCCCCC(=O)OC[C@H](COC(=O)CCCCCCCCC)OC(=O)CCCCCCCCCCCCCCCCC(C)CC. The molecule has 55 heavy (non-hydrogen) atoms. The lowest BCUT2D eigenvalue weighted by molar-refractivity contribution is -0.167. The zero-order valence-corrected chi connectivity index (χ0v) is 37.4. The Labute approximate surface area is 342 Å². The molecule has 326 valence electrons. The molecule has 0 aromatic heterocycles. The number of hydrogen-bond acceptors (Lipinski definition) is 6. The highest BCUT2D eigenvalue weighted by Crippen LogP contribution is 2.17. The first-order chi connectivity index (χ1) is 26.9. The van der Waals surface area contributed by atoms with Crippen molar-refractivity contribution in [3.8, 4) is 0 Å². The average Bonchev–Trinajstić information content (AvgIpc) is 3.18. The van der Waals surface area contributed by atoms with E-state index in [-0.39, 0.29) is 31.1 Å². The van der Waals surface area contributed by atoms with Crippen LogP contribution in [0.1, 0.15) is 272 Å². The van der Waals surface area contributed by atoms with Gasteiger partial charge in [0.15, 0.2) is 6.10 Å². The number of carbonyl (C=O) groups excluding carboxylic acids is 3. The Morgan fingerprint density at radius 1 is 0.364 bits per heavy atom. The maximum atomic E-state index is 12.7. The lowest BCUT2D eigenvalue weighted by atomic mass is 9.99. The molecule has 0 heterocycles. The summed E-state index contributed by atoms with van der Waals surface area (Å²) in [6.45, 7) is 9.01. The van der Waals surface area contributed by atoms with E-state index in [4.69, 9.17) is 14.2 Å². The van der Waals surface area contributed by atoms with Crippen LogP contribution < -0.4 is 0 Å². The molecule has 0 saturated heterocycles. The van der Waals surface area contributed by atoms with Crippen molar-refractivity contribution in [2.24, 2.45) is 5.92 Å². The molecule has 0 aliphatic rings. The van der Waals surface area contributed by atoms with Crippen LogP contribution in [0.5, 0.6) is 0 Å². The molecule has 0 fully saturated rings. The van der Waals surface area contributed by atoms with Crippen LogP contribution in [0.2, 0.25) is 0 Å². The zero-order chi connectivity index (χ0) is 40.3. The van der Waals surface area contributed by atoms with Gasteiger partial charge >= 0.3 is 17.9 Å². The van der Waals surface area contributed by atoms with Crippen LogP contribution in [0.4, 0.5) is 0 Å². The highest BCUT2D eigenvalue weighted by molar-refractivity contribution is 5.71. The Kier molecular flexibility index (Phi) is 42.3. The fourth-order valence-electron chi connectivity index (χ4n) is 7.30. The van der Waals surface area contributed by atoms with E-state index >= 15 is 0 Å². The van der Waals surface area contributed by atoms with Gasteiger partial charge in [-0.3, -0.25) is 14.4 Å². The molecule has 0 bridgehead atoms. The topological polar surface area (TPSA) is 78.9 Å². The fourth-order valence-corrected chi connectivity index (χ4v) is 7.30. The van der Waals surface area contributed by atoms with Crippen LogP contribution in [0, 0.1) is 5.92 Å². The van der Waals surface area contributed by atoms with Crippen molar-refractivity contribution < 1.29 is 28.6 Å². The molecule has 6 nitrogen and oxygen atoms in total. The summed E-state index contributed by atoms with van der Waals surface area (Å²) in [6, 6.07) is 0. The van der Waals surface area contributed by atoms with Crippen molar-refractivity contribution in [3.63, 3.8) is 0 Å². The molecular formula is C49H94O6. The van der Waals surface area contributed by atoms with Crippen molar-refractivity contribution in [2.45, 2.75) is 278 Å². The van der Waals surface area contributed by atoms with Gasteiger partial charge in [-0.2, -0.15) is 0 Å². The summed E-state index contributed by atoms with van der Waals surface area (Å²) in [5, 5.41) is 0. The molecule has 0 amide bonds. The van der Waals surface area contributed by atoms with E-state index in [1.165, 1.54) is 167 Å². The fraction of sp³-hybridized carbons (Fsp3) is 0.939. The average molecular weight is 779 g/mol.